The molecule has 78 valence electrons. The first-order valence-electron chi connectivity index (χ1n) is 4.65. The van der Waals surface area contributed by atoms with Gasteiger partial charge >= 0.3 is 5.97 Å². The SMILES string of the molecule is C=C(CCC1CC(=O)N(C)C1)C(=O)O. The standard InChI is InChI=1S/C10H15NO3/c1-7(10(13)14)3-4-8-5-9(12)11(2)6-8/h8H,1,3-6H2,2H3,(H,13,14). The van der Waals surface area contributed by atoms with Crippen LogP contribution in [0.25, 0.3) is 0 Å². The van der Waals surface area contributed by atoms with Gasteiger partial charge in [0.05, 0.1) is 0 Å². The van der Waals surface area contributed by atoms with E-state index in [1.165, 1.54) is 0 Å². The molecule has 0 aromatic rings. The normalized spacial score (nSPS) is 21.4. The molecule has 1 unspecified atom stereocenters. The van der Waals surface area contributed by atoms with Crippen LogP contribution < -0.4 is 0 Å². The highest BCUT2D eigenvalue weighted by molar-refractivity contribution is 5.85. The van der Waals surface area contributed by atoms with Crippen molar-refractivity contribution in [2.75, 3.05) is 13.6 Å². The van der Waals surface area contributed by atoms with E-state index < -0.39 is 5.97 Å². The van der Waals surface area contributed by atoms with Gasteiger partial charge in [0, 0.05) is 25.6 Å². The van der Waals surface area contributed by atoms with Gasteiger partial charge in [0.15, 0.2) is 0 Å². The molecule has 0 bridgehead atoms. The van der Waals surface area contributed by atoms with Crippen LogP contribution in [0.4, 0.5) is 0 Å². The molecule has 0 aliphatic carbocycles. The van der Waals surface area contributed by atoms with Gasteiger partial charge in [-0.3, -0.25) is 4.79 Å². The van der Waals surface area contributed by atoms with Crippen LogP contribution in [-0.4, -0.2) is 35.5 Å². The first-order chi connectivity index (χ1) is 6.50. The molecule has 0 spiro atoms. The predicted molar refractivity (Wildman–Crippen MR) is 51.8 cm³/mol. The second-order valence-corrected chi connectivity index (χ2v) is 3.79. The van der Waals surface area contributed by atoms with Crippen molar-refractivity contribution in [3.63, 3.8) is 0 Å². The van der Waals surface area contributed by atoms with E-state index in [0.717, 1.165) is 13.0 Å². The highest BCUT2D eigenvalue weighted by atomic mass is 16.4. The average molecular weight is 197 g/mol. The lowest BCUT2D eigenvalue weighted by Gasteiger charge is -2.09. The molecule has 1 aliphatic heterocycles. The van der Waals surface area contributed by atoms with Crippen molar-refractivity contribution in [2.45, 2.75) is 19.3 Å². The molecule has 1 amide bonds. The summed E-state index contributed by atoms with van der Waals surface area (Å²) < 4.78 is 0. The van der Waals surface area contributed by atoms with Gasteiger partial charge < -0.3 is 10.0 Å². The molecule has 0 aromatic carbocycles. The van der Waals surface area contributed by atoms with Crippen molar-refractivity contribution < 1.29 is 14.7 Å². The lowest BCUT2D eigenvalue weighted by atomic mass is 9.99. The van der Waals surface area contributed by atoms with Crippen molar-refractivity contribution in [1.82, 2.24) is 4.90 Å². The van der Waals surface area contributed by atoms with Crippen LogP contribution in [0, 0.1) is 5.92 Å². The summed E-state index contributed by atoms with van der Waals surface area (Å²) in [6.45, 7) is 4.20. The first kappa shape index (κ1) is 10.8. The monoisotopic (exact) mass is 197 g/mol. The number of carbonyl (C=O) groups is 2. The Morgan fingerprint density at radius 3 is 2.79 bits per heavy atom. The lowest BCUT2D eigenvalue weighted by molar-refractivity contribution is -0.132. The molecule has 1 N–H and O–H groups in total. The highest BCUT2D eigenvalue weighted by Crippen LogP contribution is 2.22. The van der Waals surface area contributed by atoms with Gasteiger partial charge in [0.2, 0.25) is 5.91 Å². The highest BCUT2D eigenvalue weighted by Gasteiger charge is 2.26. The van der Waals surface area contributed by atoms with E-state index in [-0.39, 0.29) is 11.5 Å². The zero-order valence-corrected chi connectivity index (χ0v) is 8.32. The summed E-state index contributed by atoms with van der Waals surface area (Å²) in [5.74, 6) is -0.498. The molecular weight excluding hydrogens is 182 g/mol. The Morgan fingerprint density at radius 1 is 1.71 bits per heavy atom. The zero-order valence-electron chi connectivity index (χ0n) is 8.32. The fraction of sp³-hybridized carbons (Fsp3) is 0.600. The van der Waals surface area contributed by atoms with Crippen molar-refractivity contribution in [3.8, 4) is 0 Å². The van der Waals surface area contributed by atoms with Crippen molar-refractivity contribution in [1.29, 1.82) is 0 Å². The number of hydrogen-bond acceptors (Lipinski definition) is 2. The number of amides is 1. The Labute approximate surface area is 83.2 Å². The molecule has 4 heteroatoms. The number of hydrogen-bond donors (Lipinski definition) is 1. The largest absolute Gasteiger partial charge is 0.478 e. The summed E-state index contributed by atoms with van der Waals surface area (Å²) in [4.78, 5) is 23.3. The quantitative estimate of drug-likeness (QED) is 0.681. The van der Waals surface area contributed by atoms with Gasteiger partial charge in [-0.25, -0.2) is 4.79 Å². The van der Waals surface area contributed by atoms with E-state index in [2.05, 4.69) is 6.58 Å². The van der Waals surface area contributed by atoms with Crippen LogP contribution in [0.1, 0.15) is 19.3 Å². The lowest BCUT2D eigenvalue weighted by Crippen LogP contribution is -2.19. The molecule has 14 heavy (non-hydrogen) atoms. The first-order valence-corrected chi connectivity index (χ1v) is 4.65. The minimum Gasteiger partial charge on any atom is -0.478 e. The van der Waals surface area contributed by atoms with Crippen molar-refractivity contribution in [3.05, 3.63) is 12.2 Å². The van der Waals surface area contributed by atoms with E-state index in [1.54, 1.807) is 11.9 Å². The van der Waals surface area contributed by atoms with Crippen molar-refractivity contribution >= 4 is 11.9 Å². The summed E-state index contributed by atoms with van der Waals surface area (Å²) >= 11 is 0. The summed E-state index contributed by atoms with van der Waals surface area (Å²) in [6.07, 6.45) is 1.76. The minimum atomic E-state index is -0.942. The molecule has 1 heterocycles. The van der Waals surface area contributed by atoms with Crippen LogP contribution in [-0.2, 0) is 9.59 Å². The van der Waals surface area contributed by atoms with Crippen LogP contribution in [0.2, 0.25) is 0 Å². The van der Waals surface area contributed by atoms with Crippen LogP contribution in [0.15, 0.2) is 12.2 Å². The molecule has 1 aliphatic rings. The zero-order chi connectivity index (χ0) is 10.7. The molecule has 1 saturated heterocycles. The van der Waals surface area contributed by atoms with Crippen LogP contribution >= 0.6 is 0 Å². The van der Waals surface area contributed by atoms with Gasteiger partial charge in [-0.1, -0.05) is 6.58 Å². The molecule has 0 aromatic heterocycles. The Morgan fingerprint density at radius 2 is 2.36 bits per heavy atom. The Kier molecular flexibility index (Phi) is 3.28. The molecule has 0 radical (unpaired) electrons. The van der Waals surface area contributed by atoms with Crippen LogP contribution in [0.3, 0.4) is 0 Å². The molecular formula is C10H15NO3. The van der Waals surface area contributed by atoms with Gasteiger partial charge in [0.25, 0.3) is 0 Å². The average Bonchev–Trinajstić information content (AvgIpc) is 2.42. The second-order valence-electron chi connectivity index (χ2n) is 3.79. The summed E-state index contributed by atoms with van der Waals surface area (Å²) in [7, 11) is 1.77. The van der Waals surface area contributed by atoms with E-state index in [0.29, 0.717) is 18.8 Å². The second kappa shape index (κ2) is 4.26. The Balaban J connectivity index is 2.30. The number of carboxylic acids is 1. The number of aliphatic carboxylic acids is 1. The van der Waals surface area contributed by atoms with E-state index in [9.17, 15) is 9.59 Å². The maximum Gasteiger partial charge on any atom is 0.330 e. The third kappa shape index (κ3) is 2.58. The summed E-state index contributed by atoms with van der Waals surface area (Å²) in [5, 5.41) is 8.58. The van der Waals surface area contributed by atoms with Gasteiger partial charge in [-0.2, -0.15) is 0 Å². The smallest absolute Gasteiger partial charge is 0.330 e. The number of carboxylic acid groups (broad SMARTS) is 1. The minimum absolute atomic E-state index is 0.149. The summed E-state index contributed by atoms with van der Waals surface area (Å²) in [5.41, 5.74) is 0.229. The third-order valence-corrected chi connectivity index (χ3v) is 2.58. The Hall–Kier alpha value is -1.32. The van der Waals surface area contributed by atoms with Crippen LogP contribution in [0.5, 0.6) is 0 Å². The topological polar surface area (TPSA) is 57.6 Å². The van der Waals surface area contributed by atoms with E-state index >= 15 is 0 Å². The number of likely N-dealkylation sites (tertiary alicyclic amines) is 1. The fourth-order valence-electron chi connectivity index (χ4n) is 1.64. The van der Waals surface area contributed by atoms with Gasteiger partial charge in [-0.05, 0) is 18.8 Å². The van der Waals surface area contributed by atoms with E-state index in [1.807, 2.05) is 0 Å². The molecule has 1 atom stereocenters. The number of carbonyl (C=O) groups excluding carboxylic acids is 1. The van der Waals surface area contributed by atoms with Crippen molar-refractivity contribution in [2.24, 2.45) is 5.92 Å². The number of rotatable bonds is 4. The molecule has 1 rings (SSSR count). The van der Waals surface area contributed by atoms with E-state index in [4.69, 9.17) is 5.11 Å². The Bertz CT molecular complexity index is 273. The maximum absolute atomic E-state index is 11.2. The summed E-state index contributed by atoms with van der Waals surface area (Å²) in [6, 6.07) is 0. The number of nitrogens with zero attached hydrogens (tertiary/aromatic N) is 1. The molecule has 1 fully saturated rings. The predicted octanol–water partition coefficient (Wildman–Crippen LogP) is 0.886. The van der Waals surface area contributed by atoms with Gasteiger partial charge in [-0.15, -0.1) is 0 Å². The molecule has 4 nitrogen and oxygen atoms in total. The third-order valence-electron chi connectivity index (χ3n) is 2.58. The molecule has 0 saturated carbocycles. The fourth-order valence-corrected chi connectivity index (χ4v) is 1.64. The van der Waals surface area contributed by atoms with Gasteiger partial charge in [0.1, 0.15) is 0 Å². The maximum atomic E-state index is 11.2.